The van der Waals surface area contributed by atoms with Gasteiger partial charge in [-0.1, -0.05) is 0 Å². The van der Waals surface area contributed by atoms with Gasteiger partial charge >= 0.3 is 0 Å². The lowest BCUT2D eigenvalue weighted by Gasteiger charge is -2.14. The third-order valence-electron chi connectivity index (χ3n) is 2.45. The molecule has 1 aliphatic heterocycles. The standard InChI is InChI=1S/C8H14N4OS/c1-12-10-8(9-11-12)4-7(13)6-2-3-14-5-6/h6-7,13H,2-5H2,1H3. The zero-order valence-corrected chi connectivity index (χ0v) is 8.94. The van der Waals surface area contributed by atoms with Crippen molar-refractivity contribution >= 4 is 11.8 Å². The first-order valence-corrected chi connectivity index (χ1v) is 5.90. The van der Waals surface area contributed by atoms with Crippen LogP contribution < -0.4 is 0 Å². The van der Waals surface area contributed by atoms with Crippen LogP contribution in [0.2, 0.25) is 0 Å². The van der Waals surface area contributed by atoms with Gasteiger partial charge < -0.3 is 5.11 Å². The maximum atomic E-state index is 9.88. The monoisotopic (exact) mass is 214 g/mol. The Balaban J connectivity index is 1.90. The van der Waals surface area contributed by atoms with E-state index in [-0.39, 0.29) is 6.10 Å². The van der Waals surface area contributed by atoms with Crippen molar-refractivity contribution in [1.82, 2.24) is 20.2 Å². The van der Waals surface area contributed by atoms with Crippen LogP contribution in [0.15, 0.2) is 0 Å². The minimum Gasteiger partial charge on any atom is -0.392 e. The molecule has 1 fully saturated rings. The van der Waals surface area contributed by atoms with Crippen LogP contribution >= 0.6 is 11.8 Å². The third kappa shape index (κ3) is 2.24. The van der Waals surface area contributed by atoms with Gasteiger partial charge in [0.1, 0.15) is 0 Å². The summed E-state index contributed by atoms with van der Waals surface area (Å²) in [5.74, 6) is 3.26. The number of rotatable bonds is 3. The maximum Gasteiger partial charge on any atom is 0.177 e. The zero-order valence-electron chi connectivity index (χ0n) is 8.13. The summed E-state index contributed by atoms with van der Waals surface area (Å²) in [4.78, 5) is 1.42. The molecule has 2 rings (SSSR count). The van der Waals surface area contributed by atoms with Crippen molar-refractivity contribution < 1.29 is 5.11 Å². The number of thioether (sulfide) groups is 1. The molecule has 0 saturated carbocycles. The first-order chi connectivity index (χ1) is 6.75. The fourth-order valence-electron chi connectivity index (χ4n) is 1.61. The number of aliphatic hydroxyl groups is 1. The number of tetrazole rings is 1. The van der Waals surface area contributed by atoms with Gasteiger partial charge in [0.15, 0.2) is 5.82 Å². The topological polar surface area (TPSA) is 63.8 Å². The second-order valence-corrected chi connectivity index (χ2v) is 4.74. The van der Waals surface area contributed by atoms with Crippen LogP contribution in [-0.2, 0) is 13.5 Å². The van der Waals surface area contributed by atoms with Crippen LogP contribution in [0.5, 0.6) is 0 Å². The Hall–Kier alpha value is -0.620. The van der Waals surface area contributed by atoms with Crippen LogP contribution in [0.3, 0.4) is 0 Å². The van der Waals surface area contributed by atoms with E-state index in [1.54, 1.807) is 7.05 Å². The summed E-state index contributed by atoms with van der Waals surface area (Å²) in [5, 5.41) is 21.5. The molecule has 1 aromatic rings. The Morgan fingerprint density at radius 2 is 2.57 bits per heavy atom. The van der Waals surface area contributed by atoms with Crippen molar-refractivity contribution in [3.8, 4) is 0 Å². The van der Waals surface area contributed by atoms with Crippen molar-refractivity contribution in [1.29, 1.82) is 0 Å². The molecule has 1 saturated heterocycles. The van der Waals surface area contributed by atoms with Gasteiger partial charge in [0.2, 0.25) is 0 Å². The van der Waals surface area contributed by atoms with Crippen LogP contribution in [0.25, 0.3) is 0 Å². The number of nitrogens with zero attached hydrogens (tertiary/aromatic N) is 4. The van der Waals surface area contributed by atoms with E-state index in [1.165, 1.54) is 4.80 Å². The molecule has 0 aromatic carbocycles. The molecule has 2 atom stereocenters. The van der Waals surface area contributed by atoms with E-state index in [2.05, 4.69) is 15.4 Å². The first kappa shape index (κ1) is 9.92. The number of aryl methyl sites for hydroxylation is 1. The predicted molar refractivity (Wildman–Crippen MR) is 53.9 cm³/mol. The highest BCUT2D eigenvalue weighted by molar-refractivity contribution is 7.99. The van der Waals surface area contributed by atoms with Gasteiger partial charge in [-0.15, -0.1) is 10.2 Å². The Bertz CT molecular complexity index is 297. The molecule has 78 valence electrons. The molecule has 0 bridgehead atoms. The van der Waals surface area contributed by atoms with Gasteiger partial charge in [0.05, 0.1) is 13.2 Å². The molecule has 0 radical (unpaired) electrons. The van der Waals surface area contributed by atoms with E-state index in [0.29, 0.717) is 18.2 Å². The van der Waals surface area contributed by atoms with Gasteiger partial charge in [-0.25, -0.2) is 0 Å². The highest BCUT2D eigenvalue weighted by Gasteiger charge is 2.24. The molecule has 2 heterocycles. The summed E-state index contributed by atoms with van der Waals surface area (Å²) in [5.41, 5.74) is 0. The van der Waals surface area contributed by atoms with E-state index in [9.17, 15) is 5.11 Å². The van der Waals surface area contributed by atoms with Crippen LogP contribution in [0.4, 0.5) is 0 Å². The largest absolute Gasteiger partial charge is 0.392 e. The van der Waals surface area contributed by atoms with Crippen molar-refractivity contribution in [3.63, 3.8) is 0 Å². The molecule has 14 heavy (non-hydrogen) atoms. The Morgan fingerprint density at radius 1 is 1.71 bits per heavy atom. The molecule has 0 aliphatic carbocycles. The molecule has 1 N–H and O–H groups in total. The van der Waals surface area contributed by atoms with Gasteiger partial charge in [0, 0.05) is 6.42 Å². The highest BCUT2D eigenvalue weighted by Crippen LogP contribution is 2.27. The van der Waals surface area contributed by atoms with E-state index >= 15 is 0 Å². The predicted octanol–water partition coefficient (Wildman–Crippen LogP) is -0.133. The summed E-state index contributed by atoms with van der Waals surface area (Å²) >= 11 is 1.90. The number of hydrogen-bond donors (Lipinski definition) is 1. The summed E-state index contributed by atoms with van der Waals surface area (Å²) in [6.45, 7) is 0. The second kappa shape index (κ2) is 4.27. The summed E-state index contributed by atoms with van der Waals surface area (Å²) in [6.07, 6.45) is 1.32. The summed E-state index contributed by atoms with van der Waals surface area (Å²) in [7, 11) is 1.73. The average Bonchev–Trinajstić information content (AvgIpc) is 2.75. The lowest BCUT2D eigenvalue weighted by atomic mass is 9.99. The smallest absolute Gasteiger partial charge is 0.177 e. The van der Waals surface area contributed by atoms with Crippen LogP contribution in [-0.4, -0.2) is 42.9 Å². The Kier molecular flexibility index (Phi) is 3.02. The van der Waals surface area contributed by atoms with Crippen molar-refractivity contribution in [2.24, 2.45) is 13.0 Å². The SMILES string of the molecule is Cn1nnc(CC(O)C2CCSC2)n1. The zero-order chi connectivity index (χ0) is 9.97. The first-order valence-electron chi connectivity index (χ1n) is 4.74. The van der Waals surface area contributed by atoms with Gasteiger partial charge in [0.25, 0.3) is 0 Å². The molecule has 0 spiro atoms. The number of aromatic nitrogens is 4. The molecule has 1 aromatic heterocycles. The highest BCUT2D eigenvalue weighted by atomic mass is 32.2. The number of aliphatic hydroxyl groups excluding tert-OH is 1. The molecule has 5 nitrogen and oxygen atoms in total. The summed E-state index contributed by atoms with van der Waals surface area (Å²) in [6, 6.07) is 0. The third-order valence-corrected chi connectivity index (χ3v) is 3.64. The minimum atomic E-state index is -0.311. The Labute approximate surface area is 86.9 Å². The fourth-order valence-corrected chi connectivity index (χ4v) is 2.94. The van der Waals surface area contributed by atoms with Crippen LogP contribution in [0, 0.1) is 5.92 Å². The van der Waals surface area contributed by atoms with Crippen LogP contribution in [0.1, 0.15) is 12.2 Å². The quantitative estimate of drug-likeness (QED) is 0.759. The fraction of sp³-hybridized carbons (Fsp3) is 0.875. The molecule has 2 unspecified atom stereocenters. The van der Waals surface area contributed by atoms with E-state index < -0.39 is 0 Å². The Morgan fingerprint density at radius 3 is 3.14 bits per heavy atom. The molecule has 0 amide bonds. The van der Waals surface area contributed by atoms with E-state index in [0.717, 1.165) is 17.9 Å². The average molecular weight is 214 g/mol. The molecular weight excluding hydrogens is 200 g/mol. The van der Waals surface area contributed by atoms with Gasteiger partial charge in [-0.3, -0.25) is 0 Å². The van der Waals surface area contributed by atoms with Crippen molar-refractivity contribution in [3.05, 3.63) is 5.82 Å². The molecule has 1 aliphatic rings. The second-order valence-electron chi connectivity index (χ2n) is 3.59. The minimum absolute atomic E-state index is 0.311. The molecular formula is C8H14N4OS. The van der Waals surface area contributed by atoms with Crippen molar-refractivity contribution in [2.45, 2.75) is 18.9 Å². The van der Waals surface area contributed by atoms with E-state index in [1.807, 2.05) is 11.8 Å². The van der Waals surface area contributed by atoms with E-state index in [4.69, 9.17) is 0 Å². The number of hydrogen-bond acceptors (Lipinski definition) is 5. The lowest BCUT2D eigenvalue weighted by molar-refractivity contribution is 0.118. The van der Waals surface area contributed by atoms with Gasteiger partial charge in [-0.05, 0) is 29.1 Å². The maximum absolute atomic E-state index is 9.88. The normalized spacial score (nSPS) is 24.0. The van der Waals surface area contributed by atoms with Crippen molar-refractivity contribution in [2.75, 3.05) is 11.5 Å². The molecule has 6 heteroatoms. The summed E-state index contributed by atoms with van der Waals surface area (Å²) < 4.78 is 0. The lowest BCUT2D eigenvalue weighted by Crippen LogP contribution is -2.23. The van der Waals surface area contributed by atoms with Gasteiger partial charge in [-0.2, -0.15) is 16.6 Å².